The summed E-state index contributed by atoms with van der Waals surface area (Å²) in [6.07, 6.45) is -4.73. The van der Waals surface area contributed by atoms with Gasteiger partial charge in [-0.3, -0.25) is 0 Å². The fourth-order valence-corrected chi connectivity index (χ4v) is 1.69. The largest absolute Gasteiger partial charge is 0.462 e. The van der Waals surface area contributed by atoms with Gasteiger partial charge in [0.15, 0.2) is 0 Å². The summed E-state index contributed by atoms with van der Waals surface area (Å²) >= 11 is 5.49. The molecule has 102 valence electrons. The van der Waals surface area contributed by atoms with Gasteiger partial charge in [0.1, 0.15) is 0 Å². The number of halogens is 4. The van der Waals surface area contributed by atoms with Crippen LogP contribution in [0.25, 0.3) is 0 Å². The quantitative estimate of drug-likeness (QED) is 0.632. The van der Waals surface area contributed by atoms with Gasteiger partial charge >= 0.3 is 12.1 Å². The van der Waals surface area contributed by atoms with Crippen LogP contribution in [0.3, 0.4) is 0 Å². The summed E-state index contributed by atoms with van der Waals surface area (Å²) in [6, 6.07) is 3.27. The second-order valence-corrected chi connectivity index (χ2v) is 3.79. The van der Waals surface area contributed by atoms with E-state index in [4.69, 9.17) is 16.9 Å². The lowest BCUT2D eigenvalue weighted by molar-refractivity contribution is -0.138. The molecule has 0 spiro atoms. The monoisotopic (exact) mass is 291 g/mol. The zero-order valence-electron chi connectivity index (χ0n) is 9.84. The highest BCUT2D eigenvalue weighted by Gasteiger charge is 2.36. The van der Waals surface area contributed by atoms with Crippen molar-refractivity contribution in [3.63, 3.8) is 0 Å². The summed E-state index contributed by atoms with van der Waals surface area (Å²) in [7, 11) is 0. The number of esters is 1. The molecule has 0 fully saturated rings. The van der Waals surface area contributed by atoms with E-state index >= 15 is 0 Å². The molecule has 0 amide bonds. The third-order valence-corrected chi connectivity index (χ3v) is 2.60. The topological polar surface area (TPSA) is 50.1 Å². The third-order valence-electron chi connectivity index (χ3n) is 2.31. The van der Waals surface area contributed by atoms with Gasteiger partial charge in [-0.2, -0.15) is 18.4 Å². The molecule has 0 bridgehead atoms. The van der Waals surface area contributed by atoms with Crippen molar-refractivity contribution in [1.29, 1.82) is 5.26 Å². The maximum absolute atomic E-state index is 12.9. The van der Waals surface area contributed by atoms with Gasteiger partial charge < -0.3 is 4.74 Å². The molecule has 1 aromatic rings. The predicted molar refractivity (Wildman–Crippen MR) is 61.7 cm³/mol. The molecule has 0 aromatic heterocycles. The lowest BCUT2D eigenvalue weighted by Gasteiger charge is -2.14. The zero-order chi connectivity index (χ0) is 14.6. The fourth-order valence-electron chi connectivity index (χ4n) is 1.47. The number of hydrogen-bond acceptors (Lipinski definition) is 3. The normalized spacial score (nSPS) is 10.9. The van der Waals surface area contributed by atoms with Crippen molar-refractivity contribution >= 4 is 17.6 Å². The van der Waals surface area contributed by atoms with E-state index in [1.54, 1.807) is 6.07 Å². The van der Waals surface area contributed by atoms with Gasteiger partial charge in [-0.05, 0) is 24.6 Å². The minimum atomic E-state index is -4.73. The number of ether oxygens (including phenoxy) is 1. The number of carbonyl (C=O) groups is 1. The lowest BCUT2D eigenvalue weighted by atomic mass is 9.99. The minimum absolute atomic E-state index is 0.0181. The third kappa shape index (κ3) is 3.38. The molecule has 0 atom stereocenters. The highest BCUT2D eigenvalue weighted by Crippen LogP contribution is 2.34. The van der Waals surface area contributed by atoms with Gasteiger partial charge in [0.05, 0.1) is 29.4 Å². The van der Waals surface area contributed by atoms with Gasteiger partial charge in [-0.1, -0.05) is 0 Å². The standard InChI is InChI=1S/C12H9ClF3NO2/c1-2-19-11(18)9-3-8(6-17)7(5-13)4-10(9)12(14,15)16/h3-4H,2,5H2,1H3. The molecule has 0 heterocycles. The molecule has 7 heteroatoms. The summed E-state index contributed by atoms with van der Waals surface area (Å²) in [5.74, 6) is -1.37. The Bertz CT molecular complexity index is 535. The molecule has 1 aromatic carbocycles. The lowest BCUT2D eigenvalue weighted by Crippen LogP contribution is -2.16. The van der Waals surface area contributed by atoms with Crippen LogP contribution in [0.2, 0.25) is 0 Å². The number of rotatable bonds is 3. The second kappa shape index (κ2) is 5.93. The van der Waals surface area contributed by atoms with Crippen LogP contribution in [0.1, 0.15) is 34.0 Å². The molecule has 0 aliphatic heterocycles. The van der Waals surface area contributed by atoms with E-state index in [9.17, 15) is 18.0 Å². The van der Waals surface area contributed by atoms with Crippen LogP contribution in [0, 0.1) is 11.3 Å². The first-order valence-corrected chi connectivity index (χ1v) is 5.75. The number of hydrogen-bond donors (Lipinski definition) is 0. The first-order chi connectivity index (χ1) is 8.85. The average molecular weight is 292 g/mol. The van der Waals surface area contributed by atoms with Crippen LogP contribution in [0.4, 0.5) is 13.2 Å². The van der Waals surface area contributed by atoms with E-state index in [-0.39, 0.29) is 23.6 Å². The van der Waals surface area contributed by atoms with Gasteiger partial charge in [0.2, 0.25) is 0 Å². The van der Waals surface area contributed by atoms with Crippen molar-refractivity contribution in [2.45, 2.75) is 19.0 Å². The highest BCUT2D eigenvalue weighted by molar-refractivity contribution is 6.17. The SMILES string of the molecule is CCOC(=O)c1cc(C#N)c(CCl)cc1C(F)(F)F. The second-order valence-electron chi connectivity index (χ2n) is 3.52. The number of benzene rings is 1. The Morgan fingerprint density at radius 2 is 2.11 bits per heavy atom. The Hall–Kier alpha value is -1.74. The summed E-state index contributed by atoms with van der Waals surface area (Å²) in [4.78, 5) is 11.5. The van der Waals surface area contributed by atoms with E-state index in [1.807, 2.05) is 0 Å². The van der Waals surface area contributed by atoms with E-state index < -0.39 is 23.3 Å². The maximum atomic E-state index is 12.9. The van der Waals surface area contributed by atoms with E-state index in [1.165, 1.54) is 6.92 Å². The van der Waals surface area contributed by atoms with Crippen molar-refractivity contribution < 1.29 is 22.7 Å². The number of carbonyl (C=O) groups excluding carboxylic acids is 1. The first kappa shape index (κ1) is 15.3. The number of alkyl halides is 4. The summed E-state index contributed by atoms with van der Waals surface area (Å²) < 4.78 is 43.2. The average Bonchev–Trinajstić information content (AvgIpc) is 2.36. The van der Waals surface area contributed by atoms with Crippen LogP contribution >= 0.6 is 11.6 Å². The van der Waals surface area contributed by atoms with Crippen molar-refractivity contribution in [1.82, 2.24) is 0 Å². The van der Waals surface area contributed by atoms with E-state index in [2.05, 4.69) is 4.74 Å². The predicted octanol–water partition coefficient (Wildman–Crippen LogP) is 3.49. The molecule has 0 saturated carbocycles. The minimum Gasteiger partial charge on any atom is -0.462 e. The molecular weight excluding hydrogens is 283 g/mol. The van der Waals surface area contributed by atoms with Crippen LogP contribution in [0.15, 0.2) is 12.1 Å². The molecule has 1 rings (SSSR count). The van der Waals surface area contributed by atoms with Gasteiger partial charge in [-0.15, -0.1) is 11.6 Å². The molecule has 3 nitrogen and oxygen atoms in total. The molecule has 0 N–H and O–H groups in total. The summed E-state index contributed by atoms with van der Waals surface area (Å²) in [5, 5.41) is 8.84. The molecule has 0 aliphatic carbocycles. The zero-order valence-corrected chi connectivity index (χ0v) is 10.6. The Labute approximate surface area is 112 Å². The summed E-state index contributed by atoms with van der Waals surface area (Å²) in [5.41, 5.74) is -1.89. The number of nitrogens with zero attached hydrogens (tertiary/aromatic N) is 1. The molecule has 0 saturated heterocycles. The van der Waals surface area contributed by atoms with Gasteiger partial charge in [0.25, 0.3) is 0 Å². The van der Waals surface area contributed by atoms with Crippen LogP contribution < -0.4 is 0 Å². The Morgan fingerprint density at radius 3 is 2.53 bits per heavy atom. The van der Waals surface area contributed by atoms with Crippen molar-refractivity contribution in [3.05, 3.63) is 34.4 Å². The number of nitriles is 1. The van der Waals surface area contributed by atoms with Crippen molar-refractivity contribution in [3.8, 4) is 6.07 Å². The van der Waals surface area contributed by atoms with Crippen LogP contribution in [-0.4, -0.2) is 12.6 Å². The summed E-state index contributed by atoms with van der Waals surface area (Å²) in [6.45, 7) is 1.42. The van der Waals surface area contributed by atoms with Gasteiger partial charge in [0, 0.05) is 5.88 Å². The van der Waals surface area contributed by atoms with Crippen molar-refractivity contribution in [2.24, 2.45) is 0 Å². The first-order valence-electron chi connectivity index (χ1n) is 5.22. The Kier molecular flexibility index (Phi) is 4.78. The molecule has 0 radical (unpaired) electrons. The molecule has 0 unspecified atom stereocenters. The fraction of sp³-hybridized carbons (Fsp3) is 0.333. The van der Waals surface area contributed by atoms with Crippen molar-refractivity contribution in [2.75, 3.05) is 6.61 Å². The van der Waals surface area contributed by atoms with E-state index in [0.717, 1.165) is 6.07 Å². The maximum Gasteiger partial charge on any atom is 0.417 e. The van der Waals surface area contributed by atoms with Crippen LogP contribution in [-0.2, 0) is 16.8 Å². The Balaban J connectivity index is 3.50. The highest BCUT2D eigenvalue weighted by atomic mass is 35.5. The Morgan fingerprint density at radius 1 is 1.47 bits per heavy atom. The van der Waals surface area contributed by atoms with E-state index in [0.29, 0.717) is 6.07 Å². The molecular formula is C12H9ClF3NO2. The smallest absolute Gasteiger partial charge is 0.417 e. The molecule has 0 aliphatic rings. The van der Waals surface area contributed by atoms with Gasteiger partial charge in [-0.25, -0.2) is 4.79 Å². The van der Waals surface area contributed by atoms with Crippen LogP contribution in [0.5, 0.6) is 0 Å². The molecule has 19 heavy (non-hydrogen) atoms.